The molecular formula is C69H122O6. The molecule has 0 heterocycles. The molecule has 75 heavy (non-hydrogen) atoms. The molecule has 0 radical (unpaired) electrons. The highest BCUT2D eigenvalue weighted by molar-refractivity contribution is 5.71. The van der Waals surface area contributed by atoms with Crippen molar-refractivity contribution in [2.45, 2.75) is 335 Å². The fourth-order valence-electron chi connectivity index (χ4n) is 9.25. The molecule has 0 aromatic heterocycles. The van der Waals surface area contributed by atoms with Gasteiger partial charge in [0.2, 0.25) is 0 Å². The Hall–Kier alpha value is -3.15. The molecule has 0 saturated carbocycles. The lowest BCUT2D eigenvalue weighted by molar-refractivity contribution is -0.167. The average molecular weight is 1050 g/mol. The maximum absolute atomic E-state index is 12.9. The zero-order valence-electron chi connectivity index (χ0n) is 49.8. The van der Waals surface area contributed by atoms with Gasteiger partial charge in [-0.25, -0.2) is 0 Å². The topological polar surface area (TPSA) is 78.9 Å². The molecule has 6 heteroatoms. The second-order valence-corrected chi connectivity index (χ2v) is 21.7. The van der Waals surface area contributed by atoms with Gasteiger partial charge < -0.3 is 14.2 Å². The Morgan fingerprint density at radius 3 is 0.827 bits per heavy atom. The van der Waals surface area contributed by atoms with Crippen LogP contribution in [0.15, 0.2) is 72.9 Å². The first-order valence-electron chi connectivity index (χ1n) is 32.4. The SMILES string of the molecule is CCCCC/C=C\C/C=C\C/C=C\C/C=C\CCCC(=O)O[C@@H](COC(=O)CCCCCCCCCCC/C=C\CCCCCCCC)COC(=O)CCCCCCCCCCCCC/C=C\CCCCCCCC. The lowest BCUT2D eigenvalue weighted by Crippen LogP contribution is -2.30. The molecule has 0 bridgehead atoms. The van der Waals surface area contributed by atoms with E-state index in [-0.39, 0.29) is 37.5 Å². The van der Waals surface area contributed by atoms with E-state index in [9.17, 15) is 14.4 Å². The maximum atomic E-state index is 12.9. The standard InChI is InChI=1S/C69H122O6/c1-4-7-10-13-16-19-22-25-28-31-33-34-36-39-41-44-47-50-53-56-59-62-68(71)74-65-66(75-69(72)63-60-57-54-51-48-45-42-37-30-27-24-21-18-15-12-9-6-3)64-73-67(70)61-58-55-52-49-46-43-40-38-35-32-29-26-23-20-17-14-11-8-5-2/h18,21,25-30,42,45,51,54,66H,4-17,19-20,22-24,31-41,43-44,46-50,52-53,55-65H2,1-3H3/b21-18-,28-25-,29-26-,30-27-,45-42-,54-51-/t66-/m0/s1. The summed E-state index contributed by atoms with van der Waals surface area (Å²) in [6.07, 6.45) is 82.0. The summed E-state index contributed by atoms with van der Waals surface area (Å²) in [7, 11) is 0. The van der Waals surface area contributed by atoms with Gasteiger partial charge in [0.15, 0.2) is 6.10 Å². The zero-order chi connectivity index (χ0) is 54.3. The number of hydrogen-bond acceptors (Lipinski definition) is 6. The predicted molar refractivity (Wildman–Crippen MR) is 325 cm³/mol. The summed E-state index contributed by atoms with van der Waals surface area (Å²) in [5.41, 5.74) is 0. The molecule has 0 aliphatic heterocycles. The van der Waals surface area contributed by atoms with Crippen LogP contribution in [0.3, 0.4) is 0 Å². The molecule has 0 aromatic carbocycles. The van der Waals surface area contributed by atoms with E-state index in [0.717, 1.165) is 64.2 Å². The van der Waals surface area contributed by atoms with Crippen molar-refractivity contribution in [3.05, 3.63) is 72.9 Å². The summed E-state index contributed by atoms with van der Waals surface area (Å²) in [6.45, 7) is 6.60. The highest BCUT2D eigenvalue weighted by Crippen LogP contribution is 2.16. The van der Waals surface area contributed by atoms with Crippen molar-refractivity contribution in [3.8, 4) is 0 Å². The summed E-state index contributed by atoms with van der Waals surface area (Å²) in [6, 6.07) is 0. The second kappa shape index (κ2) is 63.4. The normalized spacial score (nSPS) is 12.5. The van der Waals surface area contributed by atoms with Crippen LogP contribution in [0.1, 0.15) is 329 Å². The predicted octanol–water partition coefficient (Wildman–Crippen LogP) is 22.1. The van der Waals surface area contributed by atoms with Crippen LogP contribution in [0.2, 0.25) is 0 Å². The first kappa shape index (κ1) is 71.8. The third-order valence-corrected chi connectivity index (χ3v) is 14.2. The molecule has 434 valence electrons. The Bertz CT molecular complexity index is 1390. The number of esters is 3. The highest BCUT2D eigenvalue weighted by atomic mass is 16.6. The quantitative estimate of drug-likeness (QED) is 0.0261. The summed E-state index contributed by atoms with van der Waals surface area (Å²) in [5, 5.41) is 0. The van der Waals surface area contributed by atoms with Gasteiger partial charge in [0, 0.05) is 19.3 Å². The Morgan fingerprint density at radius 2 is 0.493 bits per heavy atom. The number of ether oxygens (including phenoxy) is 3. The lowest BCUT2D eigenvalue weighted by atomic mass is 10.0. The molecule has 0 N–H and O–H groups in total. The summed E-state index contributed by atoms with van der Waals surface area (Å²) >= 11 is 0. The number of allylic oxidation sites excluding steroid dienone is 12. The van der Waals surface area contributed by atoms with Crippen molar-refractivity contribution in [2.75, 3.05) is 13.2 Å². The minimum Gasteiger partial charge on any atom is -0.462 e. The maximum Gasteiger partial charge on any atom is 0.306 e. The van der Waals surface area contributed by atoms with Gasteiger partial charge in [0.05, 0.1) is 0 Å². The third kappa shape index (κ3) is 61.6. The smallest absolute Gasteiger partial charge is 0.306 e. The molecule has 0 amide bonds. The molecule has 0 saturated heterocycles. The van der Waals surface area contributed by atoms with E-state index in [1.165, 1.54) is 218 Å². The van der Waals surface area contributed by atoms with E-state index in [1.807, 2.05) is 0 Å². The van der Waals surface area contributed by atoms with Crippen molar-refractivity contribution >= 4 is 17.9 Å². The Morgan fingerprint density at radius 1 is 0.267 bits per heavy atom. The van der Waals surface area contributed by atoms with E-state index >= 15 is 0 Å². The molecule has 0 unspecified atom stereocenters. The first-order valence-corrected chi connectivity index (χ1v) is 32.4. The number of carbonyl (C=O) groups is 3. The number of carbonyl (C=O) groups excluding carboxylic acids is 3. The Balaban J connectivity index is 4.41. The largest absolute Gasteiger partial charge is 0.462 e. The average Bonchev–Trinajstić information content (AvgIpc) is 3.41. The van der Waals surface area contributed by atoms with Crippen molar-refractivity contribution in [1.82, 2.24) is 0 Å². The van der Waals surface area contributed by atoms with Gasteiger partial charge >= 0.3 is 17.9 Å². The van der Waals surface area contributed by atoms with Gasteiger partial charge in [-0.1, -0.05) is 273 Å². The Kier molecular flexibility index (Phi) is 60.7. The van der Waals surface area contributed by atoms with Crippen molar-refractivity contribution in [3.63, 3.8) is 0 Å². The van der Waals surface area contributed by atoms with Crippen LogP contribution in [-0.2, 0) is 28.6 Å². The summed E-state index contributed by atoms with van der Waals surface area (Å²) in [4.78, 5) is 38.3. The molecule has 0 aromatic rings. The fraction of sp³-hybridized carbons (Fsp3) is 0.783. The summed E-state index contributed by atoms with van der Waals surface area (Å²) in [5.74, 6) is -0.941. The minimum atomic E-state index is -0.806. The number of hydrogen-bond donors (Lipinski definition) is 0. The van der Waals surface area contributed by atoms with Crippen LogP contribution in [0.5, 0.6) is 0 Å². The van der Waals surface area contributed by atoms with Gasteiger partial charge in [-0.2, -0.15) is 0 Å². The van der Waals surface area contributed by atoms with Gasteiger partial charge in [-0.3, -0.25) is 14.4 Å². The van der Waals surface area contributed by atoms with E-state index in [2.05, 4.69) is 93.7 Å². The van der Waals surface area contributed by atoms with Gasteiger partial charge in [0.1, 0.15) is 13.2 Å². The van der Waals surface area contributed by atoms with Crippen LogP contribution in [0, 0.1) is 0 Å². The van der Waals surface area contributed by atoms with E-state index in [4.69, 9.17) is 14.2 Å². The van der Waals surface area contributed by atoms with Gasteiger partial charge in [-0.15, -0.1) is 0 Å². The molecule has 6 nitrogen and oxygen atoms in total. The van der Waals surface area contributed by atoms with E-state index in [0.29, 0.717) is 19.3 Å². The van der Waals surface area contributed by atoms with Crippen LogP contribution in [0.25, 0.3) is 0 Å². The van der Waals surface area contributed by atoms with Gasteiger partial charge in [0.25, 0.3) is 0 Å². The van der Waals surface area contributed by atoms with Crippen LogP contribution >= 0.6 is 0 Å². The molecule has 1 atom stereocenters. The summed E-state index contributed by atoms with van der Waals surface area (Å²) < 4.78 is 16.9. The molecule has 0 rings (SSSR count). The first-order chi connectivity index (χ1) is 37.0. The fourth-order valence-corrected chi connectivity index (χ4v) is 9.25. The monoisotopic (exact) mass is 1050 g/mol. The Labute approximate surface area is 465 Å². The van der Waals surface area contributed by atoms with Crippen molar-refractivity contribution in [1.29, 1.82) is 0 Å². The number of unbranched alkanes of at least 4 members (excludes halogenated alkanes) is 36. The number of rotatable bonds is 59. The van der Waals surface area contributed by atoms with E-state index < -0.39 is 6.10 Å². The van der Waals surface area contributed by atoms with Crippen molar-refractivity contribution in [2.24, 2.45) is 0 Å². The zero-order valence-corrected chi connectivity index (χ0v) is 49.8. The lowest BCUT2D eigenvalue weighted by Gasteiger charge is -2.18. The molecule has 0 spiro atoms. The van der Waals surface area contributed by atoms with Crippen LogP contribution in [-0.4, -0.2) is 37.2 Å². The van der Waals surface area contributed by atoms with Crippen molar-refractivity contribution < 1.29 is 28.6 Å². The molecule has 0 aliphatic rings. The van der Waals surface area contributed by atoms with Crippen LogP contribution in [0.4, 0.5) is 0 Å². The minimum absolute atomic E-state index is 0.0963. The molecule has 0 fully saturated rings. The highest BCUT2D eigenvalue weighted by Gasteiger charge is 2.19. The van der Waals surface area contributed by atoms with Gasteiger partial charge in [-0.05, 0) is 109 Å². The van der Waals surface area contributed by atoms with Crippen LogP contribution < -0.4 is 0 Å². The third-order valence-electron chi connectivity index (χ3n) is 14.2. The second-order valence-electron chi connectivity index (χ2n) is 21.7. The molecular weight excluding hydrogens is 925 g/mol. The molecule has 0 aliphatic carbocycles. The van der Waals surface area contributed by atoms with E-state index in [1.54, 1.807) is 0 Å².